The third-order valence-corrected chi connectivity index (χ3v) is 3.27. The first-order chi connectivity index (χ1) is 8.43. The molecule has 0 radical (unpaired) electrons. The molecule has 88 valence electrons. The molecule has 2 heteroatoms. The van der Waals surface area contributed by atoms with Crippen LogP contribution in [-0.4, -0.2) is 6.54 Å². The van der Waals surface area contributed by atoms with Crippen molar-refractivity contribution in [1.82, 2.24) is 5.32 Å². The summed E-state index contributed by atoms with van der Waals surface area (Å²) in [6.45, 7) is 1.08. The lowest BCUT2D eigenvalue weighted by Gasteiger charge is -2.16. The molecule has 1 unspecified atom stereocenters. The van der Waals surface area contributed by atoms with E-state index in [2.05, 4.69) is 29.6 Å². The van der Waals surface area contributed by atoms with Crippen LogP contribution >= 0.6 is 0 Å². The average molecular weight is 227 g/mol. The first-order valence-corrected chi connectivity index (χ1v) is 6.25. The summed E-state index contributed by atoms with van der Waals surface area (Å²) < 4.78 is 5.54. The third-order valence-electron chi connectivity index (χ3n) is 3.27. The molecule has 0 saturated heterocycles. The minimum Gasteiger partial charge on any atom is -0.467 e. The lowest BCUT2D eigenvalue weighted by atomic mass is 10.0. The Labute approximate surface area is 102 Å². The van der Waals surface area contributed by atoms with Crippen LogP contribution < -0.4 is 5.32 Å². The van der Waals surface area contributed by atoms with Crippen molar-refractivity contribution in [3.05, 3.63) is 60.1 Å². The van der Waals surface area contributed by atoms with Crippen molar-refractivity contribution in [2.75, 3.05) is 6.54 Å². The van der Waals surface area contributed by atoms with E-state index in [0.29, 0.717) is 0 Å². The molecule has 1 saturated carbocycles. The second kappa shape index (κ2) is 4.76. The smallest absolute Gasteiger partial charge is 0.125 e. The van der Waals surface area contributed by atoms with Crippen LogP contribution in [-0.2, 0) is 0 Å². The molecule has 1 aliphatic carbocycles. The van der Waals surface area contributed by atoms with Crippen molar-refractivity contribution in [3.8, 4) is 0 Å². The van der Waals surface area contributed by atoms with E-state index in [9.17, 15) is 0 Å². The van der Waals surface area contributed by atoms with Crippen LogP contribution in [0.5, 0.6) is 0 Å². The van der Waals surface area contributed by atoms with Crippen LogP contribution in [0, 0.1) is 5.92 Å². The highest BCUT2D eigenvalue weighted by atomic mass is 16.3. The minimum absolute atomic E-state index is 0.187. The third kappa shape index (κ3) is 2.59. The highest BCUT2D eigenvalue weighted by Crippen LogP contribution is 2.30. The lowest BCUT2D eigenvalue weighted by molar-refractivity contribution is 0.441. The zero-order valence-electron chi connectivity index (χ0n) is 9.80. The van der Waals surface area contributed by atoms with Gasteiger partial charge in [0.15, 0.2) is 0 Å². The summed E-state index contributed by atoms with van der Waals surface area (Å²) in [4.78, 5) is 0. The number of furan rings is 1. The van der Waals surface area contributed by atoms with Gasteiger partial charge in [-0.05, 0) is 43.0 Å². The maximum Gasteiger partial charge on any atom is 0.125 e. The van der Waals surface area contributed by atoms with E-state index < -0.39 is 0 Å². The molecule has 0 bridgehead atoms. The SMILES string of the molecule is c1ccc(C(NCC2CC2)c2ccco2)cc1. The van der Waals surface area contributed by atoms with Crippen molar-refractivity contribution < 1.29 is 4.42 Å². The van der Waals surface area contributed by atoms with Crippen LogP contribution in [0.25, 0.3) is 0 Å². The molecule has 0 amide bonds. The monoisotopic (exact) mass is 227 g/mol. The van der Waals surface area contributed by atoms with E-state index in [1.165, 1.54) is 18.4 Å². The summed E-state index contributed by atoms with van der Waals surface area (Å²) in [5, 5.41) is 3.61. The van der Waals surface area contributed by atoms with Gasteiger partial charge in [0.25, 0.3) is 0 Å². The van der Waals surface area contributed by atoms with Gasteiger partial charge >= 0.3 is 0 Å². The zero-order valence-corrected chi connectivity index (χ0v) is 9.80. The molecule has 1 heterocycles. The van der Waals surface area contributed by atoms with E-state index in [1.807, 2.05) is 18.2 Å². The van der Waals surface area contributed by atoms with Gasteiger partial charge in [0.1, 0.15) is 5.76 Å². The predicted molar refractivity (Wildman–Crippen MR) is 67.7 cm³/mol. The molecule has 17 heavy (non-hydrogen) atoms. The van der Waals surface area contributed by atoms with Crippen LogP contribution in [0.4, 0.5) is 0 Å². The summed E-state index contributed by atoms with van der Waals surface area (Å²) in [5.74, 6) is 1.87. The molecule has 1 atom stereocenters. The Hall–Kier alpha value is -1.54. The number of rotatable bonds is 5. The molecular weight excluding hydrogens is 210 g/mol. The fourth-order valence-electron chi connectivity index (χ4n) is 2.09. The van der Waals surface area contributed by atoms with E-state index in [0.717, 1.165) is 18.2 Å². The van der Waals surface area contributed by atoms with Gasteiger partial charge < -0.3 is 9.73 Å². The first kappa shape index (κ1) is 10.6. The summed E-state index contributed by atoms with van der Waals surface area (Å²) >= 11 is 0. The molecule has 2 aromatic rings. The molecular formula is C15H17NO. The van der Waals surface area contributed by atoms with Gasteiger partial charge in [-0.25, -0.2) is 0 Å². The second-order valence-electron chi connectivity index (χ2n) is 4.71. The van der Waals surface area contributed by atoms with Gasteiger partial charge in [0, 0.05) is 0 Å². The number of hydrogen-bond donors (Lipinski definition) is 1. The first-order valence-electron chi connectivity index (χ1n) is 6.25. The largest absolute Gasteiger partial charge is 0.467 e. The Morgan fingerprint density at radius 1 is 1.12 bits per heavy atom. The minimum atomic E-state index is 0.187. The molecule has 1 aromatic heterocycles. The average Bonchev–Trinajstić information content (AvgIpc) is 3.04. The number of nitrogens with one attached hydrogen (secondary N) is 1. The molecule has 0 spiro atoms. The van der Waals surface area contributed by atoms with Gasteiger partial charge in [0.05, 0.1) is 12.3 Å². The summed E-state index contributed by atoms with van der Waals surface area (Å²) in [5.41, 5.74) is 1.27. The van der Waals surface area contributed by atoms with E-state index in [4.69, 9.17) is 4.42 Å². The Morgan fingerprint density at radius 2 is 1.94 bits per heavy atom. The zero-order chi connectivity index (χ0) is 11.5. The van der Waals surface area contributed by atoms with Crippen LogP contribution in [0.2, 0.25) is 0 Å². The fraction of sp³-hybridized carbons (Fsp3) is 0.333. The normalized spacial score (nSPS) is 16.9. The van der Waals surface area contributed by atoms with Crippen molar-refractivity contribution >= 4 is 0 Å². The summed E-state index contributed by atoms with van der Waals surface area (Å²) in [6, 6.07) is 14.7. The maximum absolute atomic E-state index is 5.54. The van der Waals surface area contributed by atoms with Crippen molar-refractivity contribution in [3.63, 3.8) is 0 Å². The Balaban J connectivity index is 1.80. The second-order valence-corrected chi connectivity index (χ2v) is 4.71. The molecule has 1 aliphatic rings. The van der Waals surface area contributed by atoms with E-state index in [1.54, 1.807) is 6.26 Å². The highest BCUT2D eigenvalue weighted by molar-refractivity contribution is 5.26. The van der Waals surface area contributed by atoms with Crippen LogP contribution in [0.1, 0.15) is 30.2 Å². The van der Waals surface area contributed by atoms with Gasteiger partial charge in [-0.2, -0.15) is 0 Å². The molecule has 1 fully saturated rings. The molecule has 1 N–H and O–H groups in total. The standard InChI is InChI=1S/C15H17NO/c1-2-5-13(6-3-1)15(14-7-4-10-17-14)16-11-12-8-9-12/h1-7,10,12,15-16H,8-9,11H2. The van der Waals surface area contributed by atoms with Crippen molar-refractivity contribution in [1.29, 1.82) is 0 Å². The maximum atomic E-state index is 5.54. The van der Waals surface area contributed by atoms with Crippen LogP contribution in [0.15, 0.2) is 53.1 Å². The lowest BCUT2D eigenvalue weighted by Crippen LogP contribution is -2.24. The highest BCUT2D eigenvalue weighted by Gasteiger charge is 2.24. The van der Waals surface area contributed by atoms with Gasteiger partial charge in [0.2, 0.25) is 0 Å². The van der Waals surface area contributed by atoms with Crippen LogP contribution in [0.3, 0.4) is 0 Å². The van der Waals surface area contributed by atoms with Crippen molar-refractivity contribution in [2.45, 2.75) is 18.9 Å². The quantitative estimate of drug-likeness (QED) is 0.847. The fourth-order valence-corrected chi connectivity index (χ4v) is 2.09. The Kier molecular flexibility index (Phi) is 2.97. The van der Waals surface area contributed by atoms with Crippen molar-refractivity contribution in [2.24, 2.45) is 5.92 Å². The molecule has 2 nitrogen and oxygen atoms in total. The number of benzene rings is 1. The predicted octanol–water partition coefficient (Wildman–Crippen LogP) is 3.37. The summed E-state index contributed by atoms with van der Waals surface area (Å²) in [6.07, 6.45) is 4.48. The van der Waals surface area contributed by atoms with Gasteiger partial charge in [-0.1, -0.05) is 30.3 Å². The molecule has 3 rings (SSSR count). The Bertz CT molecular complexity index is 445. The Morgan fingerprint density at radius 3 is 2.59 bits per heavy atom. The molecule has 1 aromatic carbocycles. The van der Waals surface area contributed by atoms with E-state index >= 15 is 0 Å². The molecule has 0 aliphatic heterocycles. The number of hydrogen-bond acceptors (Lipinski definition) is 2. The topological polar surface area (TPSA) is 25.2 Å². The van der Waals surface area contributed by atoms with Gasteiger partial charge in [-0.3, -0.25) is 0 Å². The summed E-state index contributed by atoms with van der Waals surface area (Å²) in [7, 11) is 0. The van der Waals surface area contributed by atoms with E-state index in [-0.39, 0.29) is 6.04 Å². The van der Waals surface area contributed by atoms with Gasteiger partial charge in [-0.15, -0.1) is 0 Å².